The van der Waals surface area contributed by atoms with Gasteiger partial charge in [0.25, 0.3) is 0 Å². The van der Waals surface area contributed by atoms with Crippen LogP contribution in [-0.4, -0.2) is 35.7 Å². The van der Waals surface area contributed by atoms with Gasteiger partial charge in [-0.3, -0.25) is 10.3 Å². The molecule has 0 aliphatic carbocycles. The maximum Gasteiger partial charge on any atom is 0.433 e. The summed E-state index contributed by atoms with van der Waals surface area (Å²) in [7, 11) is 1.24. The second-order valence-corrected chi connectivity index (χ2v) is 6.64. The van der Waals surface area contributed by atoms with Gasteiger partial charge in [-0.2, -0.15) is 13.2 Å². The number of urea groups is 1. The van der Waals surface area contributed by atoms with Crippen LogP contribution >= 0.6 is 0 Å². The maximum atomic E-state index is 13.2. The predicted molar refractivity (Wildman–Crippen MR) is 112 cm³/mol. The summed E-state index contributed by atoms with van der Waals surface area (Å²) in [6, 6.07) is 6.84. The number of amides is 3. The molecule has 3 amide bonds. The van der Waals surface area contributed by atoms with E-state index in [0.717, 1.165) is 12.3 Å². The van der Waals surface area contributed by atoms with E-state index in [0.29, 0.717) is 34.0 Å². The summed E-state index contributed by atoms with van der Waals surface area (Å²) in [5, 5.41) is 8.85. The lowest BCUT2D eigenvalue weighted by Crippen LogP contribution is -2.28. The number of pyridine rings is 2. The predicted octanol–water partition coefficient (Wildman–Crippen LogP) is 4.31. The van der Waals surface area contributed by atoms with Gasteiger partial charge in [0.2, 0.25) is 0 Å². The molecule has 2 aromatic heterocycles. The minimum atomic E-state index is -4.59. The van der Waals surface area contributed by atoms with Crippen molar-refractivity contribution in [3.05, 3.63) is 54.0 Å². The van der Waals surface area contributed by atoms with Crippen molar-refractivity contribution in [1.29, 1.82) is 0 Å². The van der Waals surface area contributed by atoms with E-state index in [9.17, 15) is 22.8 Å². The third-order valence-electron chi connectivity index (χ3n) is 4.54. The number of anilines is 1. The summed E-state index contributed by atoms with van der Waals surface area (Å²) in [4.78, 5) is 31.0. The molecule has 0 atom stereocenters. The number of alkyl carbamates (subject to hydrolysis) is 1. The molecule has 32 heavy (non-hydrogen) atoms. The van der Waals surface area contributed by atoms with E-state index in [4.69, 9.17) is 0 Å². The first-order valence-electron chi connectivity index (χ1n) is 9.55. The summed E-state index contributed by atoms with van der Waals surface area (Å²) in [6.07, 6.45) is -2.65. The van der Waals surface area contributed by atoms with E-state index in [-0.39, 0.29) is 12.4 Å². The second-order valence-electron chi connectivity index (χ2n) is 6.64. The van der Waals surface area contributed by atoms with Gasteiger partial charge in [-0.25, -0.2) is 14.6 Å². The van der Waals surface area contributed by atoms with Crippen LogP contribution < -0.4 is 16.0 Å². The first-order chi connectivity index (χ1) is 15.2. The monoisotopic (exact) mass is 447 g/mol. The molecule has 0 aliphatic rings. The Hall–Kier alpha value is -3.89. The van der Waals surface area contributed by atoms with Crippen molar-refractivity contribution in [3.63, 3.8) is 0 Å². The van der Waals surface area contributed by atoms with Crippen molar-refractivity contribution >= 4 is 28.7 Å². The Morgan fingerprint density at radius 3 is 2.53 bits per heavy atom. The van der Waals surface area contributed by atoms with E-state index in [1.165, 1.54) is 19.4 Å². The number of ether oxygens (including phenoxy) is 1. The van der Waals surface area contributed by atoms with Crippen LogP contribution in [-0.2, 0) is 17.5 Å². The number of nitrogens with zero attached hydrogens (tertiary/aromatic N) is 2. The number of carbonyl (C=O) groups excluding carboxylic acids is 2. The molecule has 0 spiro atoms. The topological polar surface area (TPSA) is 105 Å². The average molecular weight is 447 g/mol. The van der Waals surface area contributed by atoms with Gasteiger partial charge in [-0.15, -0.1) is 0 Å². The van der Waals surface area contributed by atoms with Gasteiger partial charge >= 0.3 is 18.3 Å². The van der Waals surface area contributed by atoms with Crippen LogP contribution in [0.2, 0.25) is 0 Å². The fourth-order valence-electron chi connectivity index (χ4n) is 3.09. The van der Waals surface area contributed by atoms with Crippen molar-refractivity contribution in [2.24, 2.45) is 0 Å². The third kappa shape index (κ3) is 5.23. The van der Waals surface area contributed by atoms with Crippen LogP contribution in [0.5, 0.6) is 0 Å². The van der Waals surface area contributed by atoms with Crippen molar-refractivity contribution < 1.29 is 27.5 Å². The van der Waals surface area contributed by atoms with Gasteiger partial charge in [0.15, 0.2) is 0 Å². The summed E-state index contributed by atoms with van der Waals surface area (Å²) in [6.45, 7) is 2.28. The highest BCUT2D eigenvalue weighted by Gasteiger charge is 2.32. The van der Waals surface area contributed by atoms with Crippen molar-refractivity contribution in [2.75, 3.05) is 19.0 Å². The molecular formula is C21H20F3N5O3. The zero-order chi connectivity index (χ0) is 23.3. The zero-order valence-corrected chi connectivity index (χ0v) is 17.2. The molecule has 3 rings (SSSR count). The van der Waals surface area contributed by atoms with E-state index < -0.39 is 24.0 Å². The number of benzene rings is 1. The summed E-state index contributed by atoms with van der Waals surface area (Å²) in [5.41, 5.74) is 0.418. The molecule has 0 unspecified atom stereocenters. The molecule has 0 saturated carbocycles. The molecule has 11 heteroatoms. The third-order valence-corrected chi connectivity index (χ3v) is 4.54. The van der Waals surface area contributed by atoms with E-state index >= 15 is 0 Å². The van der Waals surface area contributed by atoms with Gasteiger partial charge < -0.3 is 15.4 Å². The SMILES string of the molecule is CCNC(=O)Nc1cc2c(-c3ccnc(C(F)(F)F)c3)ccc(CNC(=O)OC)c2cn1. The molecule has 0 fully saturated rings. The highest BCUT2D eigenvalue weighted by molar-refractivity contribution is 6.01. The van der Waals surface area contributed by atoms with Crippen LogP contribution in [0, 0.1) is 0 Å². The molecular weight excluding hydrogens is 427 g/mol. The number of nitrogens with one attached hydrogen (secondary N) is 3. The Morgan fingerprint density at radius 1 is 1.06 bits per heavy atom. The van der Waals surface area contributed by atoms with Crippen molar-refractivity contribution in [1.82, 2.24) is 20.6 Å². The van der Waals surface area contributed by atoms with Crippen LogP contribution in [0.25, 0.3) is 21.9 Å². The summed E-state index contributed by atoms with van der Waals surface area (Å²) in [5.74, 6) is 0.216. The Labute approximate surface area is 181 Å². The number of fused-ring (bicyclic) bond motifs is 1. The second kappa shape index (κ2) is 9.50. The molecule has 0 saturated heterocycles. The average Bonchev–Trinajstić information content (AvgIpc) is 2.76. The van der Waals surface area contributed by atoms with Crippen LogP contribution in [0.15, 0.2) is 42.7 Å². The fraction of sp³-hybridized carbons (Fsp3) is 0.238. The number of hydrogen-bond donors (Lipinski definition) is 3. The highest BCUT2D eigenvalue weighted by Crippen LogP contribution is 2.35. The van der Waals surface area contributed by atoms with E-state index in [1.54, 1.807) is 25.1 Å². The number of methoxy groups -OCH3 is 1. The van der Waals surface area contributed by atoms with Gasteiger partial charge in [-0.1, -0.05) is 12.1 Å². The quantitative estimate of drug-likeness (QED) is 0.541. The van der Waals surface area contributed by atoms with E-state index in [1.807, 2.05) is 0 Å². The standard InChI is InChI=1S/C21H20F3N5O3/c1-3-25-19(30)29-18-9-15-14(12-6-7-26-17(8-12)21(22,23)24)5-4-13(16(15)11-27-18)10-28-20(31)32-2/h4-9,11H,3,10H2,1-2H3,(H,28,31)(H2,25,27,29,30). The van der Waals surface area contributed by atoms with E-state index in [2.05, 4.69) is 30.7 Å². The van der Waals surface area contributed by atoms with Gasteiger partial charge in [0, 0.05) is 30.9 Å². The molecule has 3 N–H and O–H groups in total. The van der Waals surface area contributed by atoms with Crippen LogP contribution in [0.3, 0.4) is 0 Å². The lowest BCUT2D eigenvalue weighted by molar-refractivity contribution is -0.141. The maximum absolute atomic E-state index is 13.2. The smallest absolute Gasteiger partial charge is 0.433 e. The highest BCUT2D eigenvalue weighted by atomic mass is 19.4. The van der Waals surface area contributed by atoms with Crippen molar-refractivity contribution in [2.45, 2.75) is 19.6 Å². The van der Waals surface area contributed by atoms with Gasteiger partial charge in [0.1, 0.15) is 11.5 Å². The minimum absolute atomic E-state index is 0.109. The zero-order valence-electron chi connectivity index (χ0n) is 17.2. The Balaban J connectivity index is 2.12. The molecule has 0 bridgehead atoms. The summed E-state index contributed by atoms with van der Waals surface area (Å²) >= 11 is 0. The first-order valence-corrected chi connectivity index (χ1v) is 9.55. The molecule has 3 aromatic rings. The molecule has 2 heterocycles. The number of hydrogen-bond acceptors (Lipinski definition) is 5. The van der Waals surface area contributed by atoms with Gasteiger partial charge in [-0.05, 0) is 47.2 Å². The molecule has 0 radical (unpaired) electrons. The molecule has 168 valence electrons. The molecule has 0 aliphatic heterocycles. The minimum Gasteiger partial charge on any atom is -0.453 e. The normalized spacial score (nSPS) is 11.2. The number of carbonyl (C=O) groups is 2. The largest absolute Gasteiger partial charge is 0.453 e. The Morgan fingerprint density at radius 2 is 1.84 bits per heavy atom. The molecule has 8 nitrogen and oxygen atoms in total. The fourth-order valence-corrected chi connectivity index (χ4v) is 3.09. The number of aromatic nitrogens is 2. The van der Waals surface area contributed by atoms with Crippen molar-refractivity contribution in [3.8, 4) is 11.1 Å². The number of halogens is 3. The van der Waals surface area contributed by atoms with Crippen LogP contribution in [0.1, 0.15) is 18.2 Å². The molecule has 1 aromatic carbocycles. The Bertz CT molecular complexity index is 1150. The lowest BCUT2D eigenvalue weighted by atomic mass is 9.96. The number of alkyl halides is 3. The number of rotatable bonds is 5. The lowest BCUT2D eigenvalue weighted by Gasteiger charge is -2.14. The van der Waals surface area contributed by atoms with Crippen LogP contribution in [0.4, 0.5) is 28.6 Å². The summed E-state index contributed by atoms with van der Waals surface area (Å²) < 4.78 is 44.1. The first kappa shape index (κ1) is 22.8. The van der Waals surface area contributed by atoms with Gasteiger partial charge in [0.05, 0.1) is 7.11 Å². The Kier molecular flexibility index (Phi) is 6.76.